The molecule has 3 N–H and O–H groups in total. The number of carbonyl (C=O) groups excluding carboxylic acids is 1. The highest BCUT2D eigenvalue weighted by atomic mass is 16.5. The lowest BCUT2D eigenvalue weighted by molar-refractivity contribution is 0.0698. The van der Waals surface area contributed by atoms with Gasteiger partial charge in [-0.15, -0.1) is 0 Å². The maximum Gasteiger partial charge on any atom is 0.337 e. The van der Waals surface area contributed by atoms with E-state index in [2.05, 4.69) is 20.3 Å². The summed E-state index contributed by atoms with van der Waals surface area (Å²) in [7, 11) is 0. The van der Waals surface area contributed by atoms with Crippen LogP contribution in [-0.4, -0.2) is 38.5 Å². The Hall–Kier alpha value is -3.42. The summed E-state index contributed by atoms with van der Waals surface area (Å²) in [6.07, 6.45) is 6.47. The minimum Gasteiger partial charge on any atom is -0.492 e. The molecule has 144 valence electrons. The lowest BCUT2D eigenvalue weighted by Gasteiger charge is -2.11. The zero-order valence-electron chi connectivity index (χ0n) is 15.1. The maximum atomic E-state index is 12.4. The molecule has 8 nitrogen and oxygen atoms in total. The fraction of sp³-hybridized carbons (Fsp3) is 0.300. The number of nitrogens with zero attached hydrogens (tertiary/aromatic N) is 2. The van der Waals surface area contributed by atoms with Gasteiger partial charge in [0.1, 0.15) is 17.0 Å². The number of hydrogen-bond donors (Lipinski definition) is 3. The molecule has 0 spiro atoms. The van der Waals surface area contributed by atoms with E-state index in [0.29, 0.717) is 23.8 Å². The number of benzene rings is 1. The summed E-state index contributed by atoms with van der Waals surface area (Å²) in [6, 6.07) is 8.08. The number of carboxylic acids is 1. The van der Waals surface area contributed by atoms with Crippen LogP contribution in [0.2, 0.25) is 0 Å². The molecule has 2 aromatic heterocycles. The fourth-order valence-corrected chi connectivity index (χ4v) is 3.43. The molecule has 28 heavy (non-hydrogen) atoms. The van der Waals surface area contributed by atoms with Crippen molar-refractivity contribution in [1.29, 1.82) is 0 Å². The molecule has 2 heterocycles. The summed E-state index contributed by atoms with van der Waals surface area (Å²) in [5.74, 6) is -0.120. The van der Waals surface area contributed by atoms with E-state index >= 15 is 0 Å². The Balaban J connectivity index is 1.42. The molecule has 1 amide bonds. The van der Waals surface area contributed by atoms with Gasteiger partial charge in [-0.3, -0.25) is 10.1 Å². The van der Waals surface area contributed by atoms with Gasteiger partial charge in [-0.1, -0.05) is 18.9 Å². The van der Waals surface area contributed by atoms with Crippen molar-refractivity contribution >= 4 is 28.9 Å². The molecule has 1 aliphatic carbocycles. The van der Waals surface area contributed by atoms with Crippen LogP contribution < -0.4 is 10.1 Å². The van der Waals surface area contributed by atoms with E-state index in [1.165, 1.54) is 37.9 Å². The van der Waals surface area contributed by atoms with Crippen molar-refractivity contribution in [2.45, 2.75) is 25.7 Å². The molecule has 0 saturated heterocycles. The topological polar surface area (TPSA) is 117 Å². The Bertz CT molecular complexity index is 1010. The van der Waals surface area contributed by atoms with E-state index in [9.17, 15) is 14.7 Å². The Labute approximate surface area is 161 Å². The molecule has 3 aromatic rings. The number of para-hydroxylation sites is 1. The van der Waals surface area contributed by atoms with Crippen molar-refractivity contribution in [2.75, 3.05) is 11.9 Å². The Morgan fingerprint density at radius 2 is 2.04 bits per heavy atom. The standard InChI is InChI=1S/C20H20N4O4/c25-18(16-9-8-13(10-21-16)28-11-12-4-1-2-5-12)24-20-22-15-7-3-6-14(19(26)27)17(15)23-20/h3,6-10,12H,1-2,4-5,11H2,(H,26,27)(H2,22,23,24,25). The second-order valence-corrected chi connectivity index (χ2v) is 6.89. The SMILES string of the molecule is O=C(Nc1nc2c(C(=O)O)cccc2[nH]1)c1ccc(OCC2CCCC2)cn1. The quantitative estimate of drug-likeness (QED) is 0.603. The molecule has 1 saturated carbocycles. The predicted octanol–water partition coefficient (Wildman–Crippen LogP) is 3.48. The van der Waals surface area contributed by atoms with Gasteiger partial charge in [0.25, 0.3) is 5.91 Å². The minimum atomic E-state index is -1.08. The van der Waals surface area contributed by atoms with Crippen molar-refractivity contribution in [3.63, 3.8) is 0 Å². The van der Waals surface area contributed by atoms with Crippen LogP contribution in [0, 0.1) is 5.92 Å². The average Bonchev–Trinajstić information content (AvgIpc) is 3.35. The van der Waals surface area contributed by atoms with Crippen molar-refractivity contribution in [3.8, 4) is 5.75 Å². The Morgan fingerprint density at radius 3 is 2.75 bits per heavy atom. The number of hydrogen-bond acceptors (Lipinski definition) is 5. The minimum absolute atomic E-state index is 0.0659. The zero-order chi connectivity index (χ0) is 19.5. The third-order valence-corrected chi connectivity index (χ3v) is 4.90. The largest absolute Gasteiger partial charge is 0.492 e. The summed E-state index contributed by atoms with van der Waals surface area (Å²) < 4.78 is 5.75. The number of anilines is 1. The monoisotopic (exact) mass is 380 g/mol. The van der Waals surface area contributed by atoms with Gasteiger partial charge < -0.3 is 14.8 Å². The van der Waals surface area contributed by atoms with E-state index in [4.69, 9.17) is 4.74 Å². The molecule has 8 heteroatoms. The molecule has 1 aliphatic rings. The molecule has 0 unspecified atom stereocenters. The number of imidazole rings is 1. The number of carbonyl (C=O) groups is 2. The lowest BCUT2D eigenvalue weighted by Crippen LogP contribution is -2.15. The van der Waals surface area contributed by atoms with Crippen LogP contribution in [0.15, 0.2) is 36.5 Å². The van der Waals surface area contributed by atoms with Gasteiger partial charge in [0.05, 0.1) is 23.9 Å². The molecule has 4 rings (SSSR count). The number of aromatic carboxylic acids is 1. The van der Waals surface area contributed by atoms with Gasteiger partial charge in [-0.25, -0.2) is 14.8 Å². The van der Waals surface area contributed by atoms with Crippen LogP contribution in [0.1, 0.15) is 46.5 Å². The van der Waals surface area contributed by atoms with E-state index in [0.717, 1.165) is 0 Å². The van der Waals surface area contributed by atoms with Crippen molar-refractivity contribution < 1.29 is 19.4 Å². The summed E-state index contributed by atoms with van der Waals surface area (Å²) in [5, 5.41) is 11.8. The van der Waals surface area contributed by atoms with Gasteiger partial charge in [0, 0.05) is 0 Å². The van der Waals surface area contributed by atoms with Crippen molar-refractivity contribution in [2.24, 2.45) is 5.92 Å². The lowest BCUT2D eigenvalue weighted by atomic mass is 10.1. The average molecular weight is 380 g/mol. The number of aromatic amines is 1. The van der Waals surface area contributed by atoms with Crippen molar-refractivity contribution in [3.05, 3.63) is 47.8 Å². The molecular formula is C20H20N4O4. The normalized spacial score (nSPS) is 14.3. The van der Waals surface area contributed by atoms with E-state index < -0.39 is 11.9 Å². The summed E-state index contributed by atoms with van der Waals surface area (Å²) in [4.78, 5) is 34.9. The molecule has 0 radical (unpaired) electrons. The number of nitrogens with one attached hydrogen (secondary N) is 2. The predicted molar refractivity (Wildman–Crippen MR) is 103 cm³/mol. The van der Waals surface area contributed by atoms with Crippen LogP contribution in [0.5, 0.6) is 5.75 Å². The second kappa shape index (κ2) is 7.67. The molecule has 1 fully saturated rings. The Kier molecular flexibility index (Phi) is 4.92. The van der Waals surface area contributed by atoms with Crippen LogP contribution >= 0.6 is 0 Å². The number of pyridine rings is 1. The maximum absolute atomic E-state index is 12.4. The summed E-state index contributed by atoms with van der Waals surface area (Å²) in [6.45, 7) is 0.679. The molecule has 0 aliphatic heterocycles. The highest BCUT2D eigenvalue weighted by molar-refractivity contribution is 6.04. The van der Waals surface area contributed by atoms with Gasteiger partial charge in [-0.05, 0) is 43.0 Å². The smallest absolute Gasteiger partial charge is 0.337 e. The van der Waals surface area contributed by atoms with Gasteiger partial charge in [0.15, 0.2) is 0 Å². The van der Waals surface area contributed by atoms with Crippen LogP contribution in [0.25, 0.3) is 11.0 Å². The molecule has 0 atom stereocenters. The van der Waals surface area contributed by atoms with Gasteiger partial charge in [-0.2, -0.15) is 0 Å². The summed E-state index contributed by atoms with van der Waals surface area (Å²) >= 11 is 0. The molecular weight excluding hydrogens is 360 g/mol. The highest BCUT2D eigenvalue weighted by Crippen LogP contribution is 2.25. The molecule has 1 aromatic carbocycles. The number of H-pyrrole nitrogens is 1. The first kappa shape index (κ1) is 18.0. The van der Waals surface area contributed by atoms with Crippen molar-refractivity contribution in [1.82, 2.24) is 15.0 Å². The number of fused-ring (bicyclic) bond motifs is 1. The first-order valence-electron chi connectivity index (χ1n) is 9.22. The number of amides is 1. The third kappa shape index (κ3) is 3.80. The molecule has 0 bridgehead atoms. The number of ether oxygens (including phenoxy) is 1. The first-order chi connectivity index (χ1) is 13.6. The van der Waals surface area contributed by atoms with Crippen LogP contribution in [-0.2, 0) is 0 Å². The van der Waals surface area contributed by atoms with E-state index in [1.54, 1.807) is 24.3 Å². The first-order valence-corrected chi connectivity index (χ1v) is 9.22. The Morgan fingerprint density at radius 1 is 1.21 bits per heavy atom. The van der Waals surface area contributed by atoms with Crippen LogP contribution in [0.3, 0.4) is 0 Å². The van der Waals surface area contributed by atoms with Gasteiger partial charge in [0.2, 0.25) is 5.95 Å². The fourth-order valence-electron chi connectivity index (χ4n) is 3.43. The third-order valence-electron chi connectivity index (χ3n) is 4.90. The van der Waals surface area contributed by atoms with E-state index in [-0.39, 0.29) is 22.7 Å². The zero-order valence-corrected chi connectivity index (χ0v) is 15.1. The number of rotatable bonds is 6. The summed E-state index contributed by atoms with van der Waals surface area (Å²) in [5.41, 5.74) is 1.09. The second-order valence-electron chi connectivity index (χ2n) is 6.89. The highest BCUT2D eigenvalue weighted by Gasteiger charge is 2.17. The van der Waals surface area contributed by atoms with Gasteiger partial charge >= 0.3 is 5.97 Å². The number of aromatic nitrogens is 3. The van der Waals surface area contributed by atoms with Crippen LogP contribution in [0.4, 0.5) is 5.95 Å². The number of carboxylic acid groups (broad SMARTS) is 1. The van der Waals surface area contributed by atoms with E-state index in [1.807, 2.05) is 0 Å².